The van der Waals surface area contributed by atoms with Gasteiger partial charge in [-0.3, -0.25) is 9.59 Å². The van der Waals surface area contributed by atoms with E-state index in [0.29, 0.717) is 16.8 Å². The van der Waals surface area contributed by atoms with Crippen molar-refractivity contribution in [3.63, 3.8) is 0 Å². The summed E-state index contributed by atoms with van der Waals surface area (Å²) >= 11 is 0. The Bertz CT molecular complexity index is 876. The van der Waals surface area contributed by atoms with Crippen LogP contribution in [-0.4, -0.2) is 32.0 Å². The lowest BCUT2D eigenvalue weighted by Crippen LogP contribution is -2.24. The molecule has 0 spiro atoms. The number of nitrogens with zero attached hydrogens (tertiary/aromatic N) is 4. The number of aromatic nitrogens is 4. The molecular weight excluding hydrogens is 308 g/mol. The van der Waals surface area contributed by atoms with Gasteiger partial charge in [0.05, 0.1) is 11.3 Å². The van der Waals surface area contributed by atoms with Crippen LogP contribution in [0.25, 0.3) is 5.69 Å². The molecule has 0 radical (unpaired) electrons. The molecule has 3 aromatic rings. The first kappa shape index (κ1) is 15.3. The Labute approximate surface area is 137 Å². The number of nitrogens with one attached hydrogen (secondary N) is 1. The summed E-state index contributed by atoms with van der Waals surface area (Å²) in [4.78, 5) is 23.7. The summed E-state index contributed by atoms with van der Waals surface area (Å²) in [6, 6.07) is 13.8. The lowest BCUT2D eigenvalue weighted by molar-refractivity contribution is 0.0950. The molecule has 1 heterocycles. The highest BCUT2D eigenvalue weighted by molar-refractivity contribution is 5.97. The summed E-state index contributed by atoms with van der Waals surface area (Å²) in [5.74, 6) is -0.780. The molecule has 3 rings (SSSR count). The van der Waals surface area contributed by atoms with E-state index in [-0.39, 0.29) is 12.5 Å². The number of carbonyl (C=O) groups excluding carboxylic acids is 2. The smallest absolute Gasteiger partial charge is 0.253 e. The standard InChI is InChI=1S/C16H14N6O2/c17-15(23)12-5-3-4-11(8-12)9-18-16(24)13-6-1-2-7-14(13)22-10-19-20-21-22/h1-8,10H,9H2,(H2,17,23)(H,18,24). The van der Waals surface area contributed by atoms with Gasteiger partial charge in [0.1, 0.15) is 6.33 Å². The predicted octanol–water partition coefficient (Wildman–Crippen LogP) is 0.691. The number of amides is 2. The van der Waals surface area contributed by atoms with Crippen LogP contribution in [0.4, 0.5) is 0 Å². The molecule has 0 fully saturated rings. The Balaban J connectivity index is 1.77. The average Bonchev–Trinajstić information content (AvgIpc) is 3.14. The minimum Gasteiger partial charge on any atom is -0.366 e. The first-order valence-electron chi connectivity index (χ1n) is 7.14. The van der Waals surface area contributed by atoms with E-state index in [9.17, 15) is 9.59 Å². The molecule has 0 aliphatic heterocycles. The van der Waals surface area contributed by atoms with Gasteiger partial charge in [-0.15, -0.1) is 5.10 Å². The zero-order valence-electron chi connectivity index (χ0n) is 12.6. The van der Waals surface area contributed by atoms with Crippen LogP contribution in [0.2, 0.25) is 0 Å². The average molecular weight is 322 g/mol. The number of benzene rings is 2. The molecule has 3 N–H and O–H groups in total. The highest BCUT2D eigenvalue weighted by atomic mass is 16.2. The van der Waals surface area contributed by atoms with Crippen molar-refractivity contribution in [2.75, 3.05) is 0 Å². The molecule has 2 amide bonds. The van der Waals surface area contributed by atoms with Gasteiger partial charge in [0, 0.05) is 12.1 Å². The number of carbonyl (C=O) groups is 2. The molecule has 0 saturated heterocycles. The highest BCUT2D eigenvalue weighted by Crippen LogP contribution is 2.13. The monoisotopic (exact) mass is 322 g/mol. The molecule has 0 bridgehead atoms. The number of nitrogens with two attached hydrogens (primary N) is 1. The van der Waals surface area contributed by atoms with Crippen LogP contribution in [-0.2, 0) is 6.54 Å². The Hall–Kier alpha value is -3.55. The number of hydrogen-bond donors (Lipinski definition) is 2. The number of tetrazole rings is 1. The number of rotatable bonds is 5. The summed E-state index contributed by atoms with van der Waals surface area (Å²) in [6.45, 7) is 0.268. The van der Waals surface area contributed by atoms with Crippen LogP contribution in [0.1, 0.15) is 26.3 Å². The lowest BCUT2D eigenvalue weighted by Gasteiger charge is -2.10. The van der Waals surface area contributed by atoms with E-state index >= 15 is 0 Å². The van der Waals surface area contributed by atoms with E-state index < -0.39 is 5.91 Å². The second kappa shape index (κ2) is 6.69. The van der Waals surface area contributed by atoms with E-state index in [2.05, 4.69) is 20.8 Å². The van der Waals surface area contributed by atoms with E-state index in [1.807, 2.05) is 0 Å². The van der Waals surface area contributed by atoms with E-state index in [4.69, 9.17) is 5.73 Å². The van der Waals surface area contributed by atoms with E-state index in [1.165, 1.54) is 11.0 Å². The highest BCUT2D eigenvalue weighted by Gasteiger charge is 2.13. The number of hydrogen-bond acceptors (Lipinski definition) is 5. The van der Waals surface area contributed by atoms with Crippen molar-refractivity contribution in [3.8, 4) is 5.69 Å². The molecule has 8 nitrogen and oxygen atoms in total. The van der Waals surface area contributed by atoms with Gasteiger partial charge in [0.15, 0.2) is 0 Å². The number of para-hydroxylation sites is 1. The molecular formula is C16H14N6O2. The number of primary amides is 1. The third-order valence-corrected chi connectivity index (χ3v) is 3.41. The van der Waals surface area contributed by atoms with Crippen molar-refractivity contribution >= 4 is 11.8 Å². The van der Waals surface area contributed by atoms with Gasteiger partial charge in [0.2, 0.25) is 5.91 Å². The Morgan fingerprint density at radius 1 is 1.12 bits per heavy atom. The second-order valence-electron chi connectivity index (χ2n) is 5.02. The van der Waals surface area contributed by atoms with Crippen LogP contribution in [0.5, 0.6) is 0 Å². The summed E-state index contributed by atoms with van der Waals surface area (Å²) < 4.78 is 1.42. The fourth-order valence-electron chi connectivity index (χ4n) is 2.25. The molecule has 0 aliphatic rings. The lowest BCUT2D eigenvalue weighted by atomic mass is 10.1. The van der Waals surface area contributed by atoms with Gasteiger partial charge >= 0.3 is 0 Å². The first-order valence-corrected chi connectivity index (χ1v) is 7.14. The van der Waals surface area contributed by atoms with Crippen molar-refractivity contribution in [3.05, 3.63) is 71.5 Å². The summed E-state index contributed by atoms with van der Waals surface area (Å²) in [5, 5.41) is 13.8. The van der Waals surface area contributed by atoms with Crippen molar-refractivity contribution in [2.45, 2.75) is 6.54 Å². The summed E-state index contributed by atoms with van der Waals surface area (Å²) in [6.07, 6.45) is 1.42. The van der Waals surface area contributed by atoms with Gasteiger partial charge in [-0.1, -0.05) is 24.3 Å². The maximum absolute atomic E-state index is 12.5. The van der Waals surface area contributed by atoms with Gasteiger partial charge in [-0.2, -0.15) is 4.68 Å². The molecule has 0 aliphatic carbocycles. The molecule has 1 aromatic heterocycles. The SMILES string of the molecule is NC(=O)c1cccc(CNC(=O)c2ccccc2-n2cnnn2)c1. The van der Waals surface area contributed by atoms with Crippen LogP contribution < -0.4 is 11.1 Å². The zero-order valence-corrected chi connectivity index (χ0v) is 12.6. The molecule has 0 unspecified atom stereocenters. The van der Waals surface area contributed by atoms with Gasteiger partial charge in [-0.05, 0) is 40.3 Å². The maximum Gasteiger partial charge on any atom is 0.253 e. The largest absolute Gasteiger partial charge is 0.366 e. The fraction of sp³-hybridized carbons (Fsp3) is 0.0625. The van der Waals surface area contributed by atoms with Crippen LogP contribution in [0.15, 0.2) is 54.9 Å². The Morgan fingerprint density at radius 2 is 1.96 bits per heavy atom. The van der Waals surface area contributed by atoms with E-state index in [1.54, 1.807) is 48.5 Å². The minimum absolute atomic E-state index is 0.268. The van der Waals surface area contributed by atoms with Gasteiger partial charge in [0.25, 0.3) is 5.91 Å². The summed E-state index contributed by atoms with van der Waals surface area (Å²) in [5.41, 5.74) is 7.45. The fourth-order valence-corrected chi connectivity index (χ4v) is 2.25. The molecule has 8 heteroatoms. The molecule has 0 saturated carbocycles. The van der Waals surface area contributed by atoms with Crippen LogP contribution in [0, 0.1) is 0 Å². The normalized spacial score (nSPS) is 10.3. The summed E-state index contributed by atoms with van der Waals surface area (Å²) in [7, 11) is 0. The van der Waals surface area contributed by atoms with Crippen molar-refractivity contribution in [1.82, 2.24) is 25.5 Å². The first-order chi connectivity index (χ1) is 11.6. The maximum atomic E-state index is 12.5. The third kappa shape index (κ3) is 3.27. The topological polar surface area (TPSA) is 116 Å². The predicted molar refractivity (Wildman–Crippen MR) is 85.3 cm³/mol. The van der Waals surface area contributed by atoms with Crippen molar-refractivity contribution in [2.24, 2.45) is 5.73 Å². The molecule has 0 atom stereocenters. The molecule has 120 valence electrons. The van der Waals surface area contributed by atoms with Gasteiger partial charge < -0.3 is 11.1 Å². The second-order valence-corrected chi connectivity index (χ2v) is 5.02. The minimum atomic E-state index is -0.507. The Kier molecular flexibility index (Phi) is 4.28. The van der Waals surface area contributed by atoms with Crippen molar-refractivity contribution in [1.29, 1.82) is 0 Å². The Morgan fingerprint density at radius 3 is 2.71 bits per heavy atom. The zero-order chi connectivity index (χ0) is 16.9. The van der Waals surface area contributed by atoms with Crippen LogP contribution in [0.3, 0.4) is 0 Å². The van der Waals surface area contributed by atoms with E-state index in [0.717, 1.165) is 5.56 Å². The van der Waals surface area contributed by atoms with Gasteiger partial charge in [-0.25, -0.2) is 0 Å². The molecule has 24 heavy (non-hydrogen) atoms. The quantitative estimate of drug-likeness (QED) is 0.717. The molecule has 2 aromatic carbocycles. The van der Waals surface area contributed by atoms with Crippen molar-refractivity contribution < 1.29 is 9.59 Å². The van der Waals surface area contributed by atoms with Crippen LogP contribution >= 0.6 is 0 Å². The third-order valence-electron chi connectivity index (χ3n) is 3.41.